The first-order valence-corrected chi connectivity index (χ1v) is 9.50. The third-order valence-electron chi connectivity index (χ3n) is 3.41. The minimum atomic E-state index is -3.42. The molecule has 8 heteroatoms. The molecule has 2 rings (SSSR count). The molecule has 1 fully saturated rings. The van der Waals surface area contributed by atoms with Crippen molar-refractivity contribution in [2.45, 2.75) is 24.3 Å². The fraction of sp³-hybridized carbons (Fsp3) is 0.750. The number of hydrogen-bond donors (Lipinski definition) is 2. The zero-order chi connectivity index (χ0) is 14.4. The molecule has 1 aromatic heterocycles. The van der Waals surface area contributed by atoms with Gasteiger partial charge >= 0.3 is 0 Å². The lowest BCUT2D eigenvalue weighted by atomic mass is 10.0. The van der Waals surface area contributed by atoms with E-state index in [1.165, 1.54) is 6.20 Å². The van der Waals surface area contributed by atoms with Gasteiger partial charge in [0.25, 0.3) is 0 Å². The maximum Gasteiger partial charge on any atom is 0.243 e. The molecule has 0 bridgehead atoms. The molecule has 0 aliphatic carbocycles. The molecule has 0 aromatic carbocycles. The van der Waals surface area contributed by atoms with Gasteiger partial charge in [0.2, 0.25) is 10.0 Å². The second-order valence-corrected chi connectivity index (χ2v) is 7.94. The summed E-state index contributed by atoms with van der Waals surface area (Å²) >= 11 is 1.94. The second-order valence-electron chi connectivity index (χ2n) is 4.95. The van der Waals surface area contributed by atoms with Crippen LogP contribution in [-0.2, 0) is 16.6 Å². The van der Waals surface area contributed by atoms with Gasteiger partial charge in [-0.05, 0) is 37.3 Å². The molecular weight excluding hydrogens is 296 g/mol. The lowest BCUT2D eigenvalue weighted by Gasteiger charge is -2.21. The third-order valence-corrected chi connectivity index (χ3v) is 5.84. The Balaban J connectivity index is 1.90. The second kappa shape index (κ2) is 7.44. The van der Waals surface area contributed by atoms with Gasteiger partial charge in [-0.2, -0.15) is 16.9 Å². The van der Waals surface area contributed by atoms with Gasteiger partial charge in [0, 0.05) is 19.3 Å². The molecule has 2 heterocycles. The van der Waals surface area contributed by atoms with Crippen molar-refractivity contribution in [3.63, 3.8) is 0 Å². The summed E-state index contributed by atoms with van der Waals surface area (Å²) < 4.78 is 28.7. The Labute approximate surface area is 124 Å². The van der Waals surface area contributed by atoms with E-state index >= 15 is 0 Å². The summed E-state index contributed by atoms with van der Waals surface area (Å²) in [6.07, 6.45) is 5.17. The molecule has 20 heavy (non-hydrogen) atoms. The highest BCUT2D eigenvalue weighted by Gasteiger charge is 2.20. The van der Waals surface area contributed by atoms with E-state index < -0.39 is 10.0 Å². The van der Waals surface area contributed by atoms with Crippen LogP contribution in [-0.4, -0.2) is 49.8 Å². The van der Waals surface area contributed by atoms with Crippen LogP contribution >= 0.6 is 11.8 Å². The van der Waals surface area contributed by atoms with Gasteiger partial charge in [0.1, 0.15) is 4.90 Å². The first kappa shape index (κ1) is 15.8. The normalized spacial score (nSPS) is 17.4. The van der Waals surface area contributed by atoms with Crippen molar-refractivity contribution in [3.8, 4) is 0 Å². The van der Waals surface area contributed by atoms with E-state index in [4.69, 9.17) is 0 Å². The van der Waals surface area contributed by atoms with E-state index in [1.54, 1.807) is 10.9 Å². The van der Waals surface area contributed by atoms with Crippen molar-refractivity contribution >= 4 is 21.8 Å². The summed E-state index contributed by atoms with van der Waals surface area (Å²) in [6.45, 7) is 1.95. The van der Waals surface area contributed by atoms with E-state index in [0.29, 0.717) is 19.0 Å². The zero-order valence-corrected chi connectivity index (χ0v) is 13.3. The van der Waals surface area contributed by atoms with E-state index in [-0.39, 0.29) is 4.90 Å². The van der Waals surface area contributed by atoms with Crippen LogP contribution in [0.15, 0.2) is 17.3 Å². The number of thioether (sulfide) groups is 1. The molecular formula is C12H22N4O2S2. The molecule has 0 amide bonds. The SMILES string of the molecule is CNCCn1cc(S(=O)(=O)NCC2CCSCC2)cn1. The highest BCUT2D eigenvalue weighted by atomic mass is 32.2. The van der Waals surface area contributed by atoms with Gasteiger partial charge in [0.05, 0.1) is 12.7 Å². The summed E-state index contributed by atoms with van der Waals surface area (Å²) in [5, 5.41) is 7.07. The maximum absolute atomic E-state index is 12.2. The van der Waals surface area contributed by atoms with Crippen LogP contribution in [0.5, 0.6) is 0 Å². The van der Waals surface area contributed by atoms with Gasteiger partial charge in [-0.25, -0.2) is 13.1 Å². The van der Waals surface area contributed by atoms with E-state index in [0.717, 1.165) is 30.9 Å². The molecule has 2 N–H and O–H groups in total. The summed E-state index contributed by atoms with van der Waals surface area (Å²) in [5.74, 6) is 2.73. The first-order valence-electron chi connectivity index (χ1n) is 6.86. The number of rotatable bonds is 7. The van der Waals surface area contributed by atoms with Crippen molar-refractivity contribution in [2.24, 2.45) is 5.92 Å². The Kier molecular flexibility index (Phi) is 5.88. The molecule has 1 aliphatic heterocycles. The van der Waals surface area contributed by atoms with Crippen molar-refractivity contribution in [3.05, 3.63) is 12.4 Å². The number of nitrogens with one attached hydrogen (secondary N) is 2. The molecule has 0 atom stereocenters. The lowest BCUT2D eigenvalue weighted by Crippen LogP contribution is -2.30. The Morgan fingerprint density at radius 3 is 2.90 bits per heavy atom. The standard InChI is InChI=1S/C12H22N4O2S2/c1-13-4-5-16-10-12(9-14-16)20(17,18)15-8-11-2-6-19-7-3-11/h9-11,13,15H,2-8H2,1H3. The predicted molar refractivity (Wildman–Crippen MR) is 81.4 cm³/mol. The molecule has 0 spiro atoms. The predicted octanol–water partition coefficient (Wildman–Crippen LogP) is 0.524. The lowest BCUT2D eigenvalue weighted by molar-refractivity contribution is 0.476. The maximum atomic E-state index is 12.2. The topological polar surface area (TPSA) is 76.0 Å². The molecule has 6 nitrogen and oxygen atoms in total. The average Bonchev–Trinajstić information content (AvgIpc) is 2.94. The van der Waals surface area contributed by atoms with Crippen molar-refractivity contribution in [1.29, 1.82) is 0 Å². The number of nitrogens with zero attached hydrogens (tertiary/aromatic N) is 2. The number of aromatic nitrogens is 2. The summed E-state index contributed by atoms with van der Waals surface area (Å²) in [4.78, 5) is 0.249. The Morgan fingerprint density at radius 2 is 2.20 bits per heavy atom. The van der Waals surface area contributed by atoms with E-state index in [2.05, 4.69) is 15.1 Å². The number of likely N-dealkylation sites (N-methyl/N-ethyl adjacent to an activating group) is 1. The quantitative estimate of drug-likeness (QED) is 0.767. The van der Waals surface area contributed by atoms with Crippen molar-refractivity contribution in [2.75, 3.05) is 31.6 Å². The van der Waals surface area contributed by atoms with Gasteiger partial charge in [-0.3, -0.25) is 4.68 Å². The first-order chi connectivity index (χ1) is 9.62. The van der Waals surface area contributed by atoms with Gasteiger partial charge in [-0.1, -0.05) is 0 Å². The van der Waals surface area contributed by atoms with Crippen LogP contribution in [0.4, 0.5) is 0 Å². The van der Waals surface area contributed by atoms with Crippen LogP contribution < -0.4 is 10.0 Å². The zero-order valence-electron chi connectivity index (χ0n) is 11.7. The largest absolute Gasteiger partial charge is 0.318 e. The van der Waals surface area contributed by atoms with Crippen molar-refractivity contribution < 1.29 is 8.42 Å². The Hall–Kier alpha value is -0.570. The molecule has 1 aliphatic rings. The average molecular weight is 318 g/mol. The van der Waals surface area contributed by atoms with Gasteiger partial charge in [-0.15, -0.1) is 0 Å². The fourth-order valence-corrected chi connectivity index (χ4v) is 4.37. The van der Waals surface area contributed by atoms with E-state index in [9.17, 15) is 8.42 Å². The third kappa shape index (κ3) is 4.47. The van der Waals surface area contributed by atoms with Crippen LogP contribution in [0.25, 0.3) is 0 Å². The highest BCUT2D eigenvalue weighted by molar-refractivity contribution is 7.99. The van der Waals surface area contributed by atoms with Crippen LogP contribution in [0.1, 0.15) is 12.8 Å². The fourth-order valence-electron chi connectivity index (χ4n) is 2.09. The molecule has 0 saturated carbocycles. The van der Waals surface area contributed by atoms with Crippen molar-refractivity contribution in [1.82, 2.24) is 19.8 Å². The Bertz CT molecular complexity index is 509. The van der Waals surface area contributed by atoms with Crippen LogP contribution in [0, 0.1) is 5.92 Å². The summed E-state index contributed by atoms with van der Waals surface area (Å²) in [7, 11) is -1.57. The minimum Gasteiger partial charge on any atom is -0.318 e. The monoisotopic (exact) mass is 318 g/mol. The van der Waals surface area contributed by atoms with Gasteiger partial charge < -0.3 is 5.32 Å². The Morgan fingerprint density at radius 1 is 1.45 bits per heavy atom. The van der Waals surface area contributed by atoms with Crippen LogP contribution in [0.2, 0.25) is 0 Å². The molecule has 0 unspecified atom stereocenters. The van der Waals surface area contributed by atoms with E-state index in [1.807, 2.05) is 18.8 Å². The summed E-state index contributed by atoms with van der Waals surface area (Å²) in [5.41, 5.74) is 0. The smallest absolute Gasteiger partial charge is 0.243 e. The summed E-state index contributed by atoms with van der Waals surface area (Å²) in [6, 6.07) is 0. The molecule has 114 valence electrons. The molecule has 1 aromatic rings. The van der Waals surface area contributed by atoms with Gasteiger partial charge in [0.15, 0.2) is 0 Å². The highest BCUT2D eigenvalue weighted by Crippen LogP contribution is 2.22. The molecule has 0 radical (unpaired) electrons. The number of hydrogen-bond acceptors (Lipinski definition) is 5. The van der Waals surface area contributed by atoms with Crippen LogP contribution in [0.3, 0.4) is 0 Å². The molecule has 1 saturated heterocycles. The minimum absolute atomic E-state index is 0.249. The number of sulfonamides is 1.